The van der Waals surface area contributed by atoms with E-state index in [4.69, 9.17) is 0 Å². The van der Waals surface area contributed by atoms with Gasteiger partial charge in [-0.2, -0.15) is 5.10 Å². The Balaban J connectivity index is 1.91. The third-order valence-electron chi connectivity index (χ3n) is 3.97. The molecule has 134 valence electrons. The summed E-state index contributed by atoms with van der Waals surface area (Å²) < 4.78 is 54.6. The maximum absolute atomic E-state index is 13.2. The van der Waals surface area contributed by atoms with Crippen LogP contribution < -0.4 is 4.72 Å². The van der Waals surface area contributed by atoms with Crippen molar-refractivity contribution in [3.8, 4) is 0 Å². The molecule has 0 radical (unpaired) electrons. The summed E-state index contributed by atoms with van der Waals surface area (Å²) in [5, 5.41) is 4.49. The van der Waals surface area contributed by atoms with Crippen LogP contribution in [0.5, 0.6) is 0 Å². The van der Waals surface area contributed by atoms with Crippen molar-refractivity contribution in [2.75, 3.05) is 11.4 Å². The van der Waals surface area contributed by atoms with Crippen LogP contribution in [0.4, 0.5) is 14.5 Å². The number of rotatable bonds is 6. The molecule has 25 heavy (non-hydrogen) atoms. The van der Waals surface area contributed by atoms with Crippen molar-refractivity contribution in [1.29, 1.82) is 0 Å². The third-order valence-corrected chi connectivity index (χ3v) is 5.38. The van der Waals surface area contributed by atoms with Gasteiger partial charge in [-0.25, -0.2) is 17.2 Å². The van der Waals surface area contributed by atoms with E-state index in [1.165, 1.54) is 17.1 Å². The lowest BCUT2D eigenvalue weighted by atomic mass is 10.2. The number of benzene rings is 1. The largest absolute Gasteiger partial charge is 0.360 e. The van der Waals surface area contributed by atoms with E-state index in [1.54, 1.807) is 13.0 Å². The molecule has 0 aliphatic heterocycles. The molecule has 2 N–H and O–H groups in total. The molecule has 9 heteroatoms. The minimum absolute atomic E-state index is 0.113. The Hall–Kier alpha value is -2.42. The Kier molecular flexibility index (Phi) is 4.51. The molecule has 0 fully saturated rings. The Morgan fingerprint density at radius 2 is 2.12 bits per heavy atom. The molecule has 0 saturated carbocycles. The maximum Gasteiger partial charge on any atom is 0.264 e. The van der Waals surface area contributed by atoms with Gasteiger partial charge in [0.2, 0.25) is 0 Å². The summed E-state index contributed by atoms with van der Waals surface area (Å²) in [6.07, 6.45) is 1.03. The van der Waals surface area contributed by atoms with Crippen LogP contribution in [0.1, 0.15) is 11.3 Å². The zero-order valence-electron chi connectivity index (χ0n) is 13.8. The summed E-state index contributed by atoms with van der Waals surface area (Å²) in [5.41, 5.74) is 2.37. The topological polar surface area (TPSA) is 79.8 Å². The number of aromatic nitrogens is 3. The average Bonchev–Trinajstić information content (AvgIpc) is 3.13. The summed E-state index contributed by atoms with van der Waals surface area (Å²) in [6, 6.07) is 5.42. The lowest BCUT2D eigenvalue weighted by Gasteiger charge is -2.09. The van der Waals surface area contributed by atoms with E-state index in [9.17, 15) is 17.2 Å². The number of halogens is 2. The number of hydrogen-bond donors (Lipinski definition) is 2. The molecule has 0 spiro atoms. The summed E-state index contributed by atoms with van der Waals surface area (Å²) >= 11 is 0. The van der Waals surface area contributed by atoms with Gasteiger partial charge in [0.15, 0.2) is 0 Å². The van der Waals surface area contributed by atoms with Gasteiger partial charge in [-0.05, 0) is 25.5 Å². The standard InChI is InChI=1S/C16H18F2N4O2S/c1-10-3-4-13-14(5-10)19-8-16(13)25(23,24)21-15-7-20-22(11(15)2)9-12(18)6-17/h3-5,7-8,12,19,21H,6,9H2,1-2H3. The van der Waals surface area contributed by atoms with Gasteiger partial charge in [0.05, 0.1) is 24.1 Å². The van der Waals surface area contributed by atoms with E-state index < -0.39 is 22.9 Å². The maximum atomic E-state index is 13.2. The number of hydrogen-bond acceptors (Lipinski definition) is 3. The second-order valence-electron chi connectivity index (χ2n) is 5.88. The van der Waals surface area contributed by atoms with Crippen molar-refractivity contribution in [2.24, 2.45) is 0 Å². The Morgan fingerprint density at radius 3 is 2.84 bits per heavy atom. The van der Waals surface area contributed by atoms with E-state index >= 15 is 0 Å². The second kappa shape index (κ2) is 6.47. The molecule has 1 aromatic carbocycles. The third kappa shape index (κ3) is 3.37. The minimum atomic E-state index is -3.86. The molecule has 0 aliphatic rings. The van der Waals surface area contributed by atoms with Crippen molar-refractivity contribution in [2.45, 2.75) is 31.5 Å². The first-order valence-electron chi connectivity index (χ1n) is 7.65. The lowest BCUT2D eigenvalue weighted by molar-refractivity contribution is 0.226. The van der Waals surface area contributed by atoms with E-state index in [2.05, 4.69) is 14.8 Å². The number of fused-ring (bicyclic) bond motifs is 1. The fourth-order valence-electron chi connectivity index (χ4n) is 2.60. The van der Waals surface area contributed by atoms with Gasteiger partial charge < -0.3 is 4.98 Å². The van der Waals surface area contributed by atoms with Gasteiger partial charge in [0, 0.05) is 17.1 Å². The first-order chi connectivity index (χ1) is 11.8. The number of sulfonamides is 1. The Labute approximate surface area is 143 Å². The zero-order chi connectivity index (χ0) is 18.2. The SMILES string of the molecule is Cc1ccc2c(S(=O)(=O)Nc3cnn(CC(F)CF)c3C)c[nH]c2c1. The summed E-state index contributed by atoms with van der Waals surface area (Å²) in [6.45, 7) is 2.12. The minimum Gasteiger partial charge on any atom is -0.360 e. The van der Waals surface area contributed by atoms with E-state index in [1.807, 2.05) is 19.1 Å². The fraction of sp³-hybridized carbons (Fsp3) is 0.312. The second-order valence-corrected chi connectivity index (χ2v) is 7.54. The highest BCUT2D eigenvalue weighted by molar-refractivity contribution is 7.93. The molecule has 3 aromatic rings. The van der Waals surface area contributed by atoms with Gasteiger partial charge in [-0.15, -0.1) is 0 Å². The van der Waals surface area contributed by atoms with Gasteiger partial charge in [-0.3, -0.25) is 9.40 Å². The van der Waals surface area contributed by atoms with Gasteiger partial charge in [0.1, 0.15) is 17.7 Å². The smallest absolute Gasteiger partial charge is 0.264 e. The number of alkyl halides is 2. The van der Waals surface area contributed by atoms with Crippen LogP contribution in [-0.4, -0.2) is 36.0 Å². The van der Waals surface area contributed by atoms with Crippen LogP contribution in [0.3, 0.4) is 0 Å². The molecule has 3 rings (SSSR count). The molecule has 0 aliphatic carbocycles. The molecule has 1 atom stereocenters. The Morgan fingerprint density at radius 1 is 1.36 bits per heavy atom. The van der Waals surface area contributed by atoms with Crippen LogP contribution in [-0.2, 0) is 16.6 Å². The molecule has 0 saturated heterocycles. The normalized spacial score (nSPS) is 13.3. The first-order valence-corrected chi connectivity index (χ1v) is 9.13. The average molecular weight is 368 g/mol. The number of aryl methyl sites for hydroxylation is 1. The monoisotopic (exact) mass is 368 g/mol. The molecule has 0 amide bonds. The molecular formula is C16H18F2N4O2S. The number of nitrogens with one attached hydrogen (secondary N) is 2. The van der Waals surface area contributed by atoms with Crippen molar-refractivity contribution in [3.05, 3.63) is 41.9 Å². The van der Waals surface area contributed by atoms with Crippen LogP contribution in [0.25, 0.3) is 10.9 Å². The van der Waals surface area contributed by atoms with Crippen LogP contribution in [0.2, 0.25) is 0 Å². The highest BCUT2D eigenvalue weighted by atomic mass is 32.2. The van der Waals surface area contributed by atoms with Gasteiger partial charge in [-0.1, -0.05) is 12.1 Å². The quantitative estimate of drug-likeness (QED) is 0.702. The molecular weight excluding hydrogens is 350 g/mol. The van der Waals surface area contributed by atoms with E-state index in [-0.39, 0.29) is 17.1 Å². The predicted octanol–water partition coefficient (Wildman–Crippen LogP) is 3.09. The van der Waals surface area contributed by atoms with Crippen LogP contribution in [0.15, 0.2) is 35.5 Å². The van der Waals surface area contributed by atoms with Crippen molar-refractivity contribution < 1.29 is 17.2 Å². The molecule has 0 bridgehead atoms. The van der Waals surface area contributed by atoms with Crippen molar-refractivity contribution in [1.82, 2.24) is 14.8 Å². The zero-order valence-corrected chi connectivity index (χ0v) is 14.6. The number of aromatic amines is 1. The highest BCUT2D eigenvalue weighted by Crippen LogP contribution is 2.26. The lowest BCUT2D eigenvalue weighted by Crippen LogP contribution is -2.16. The summed E-state index contributed by atoms with van der Waals surface area (Å²) in [4.78, 5) is 3.06. The summed E-state index contributed by atoms with van der Waals surface area (Å²) in [5.74, 6) is 0. The van der Waals surface area contributed by atoms with Gasteiger partial charge in [0.25, 0.3) is 10.0 Å². The molecule has 1 unspecified atom stereocenters. The van der Waals surface area contributed by atoms with Crippen molar-refractivity contribution >= 4 is 26.6 Å². The van der Waals surface area contributed by atoms with Crippen molar-refractivity contribution in [3.63, 3.8) is 0 Å². The first kappa shape index (κ1) is 17.4. The fourth-order valence-corrected chi connectivity index (χ4v) is 3.88. The number of anilines is 1. The molecule has 2 heterocycles. The van der Waals surface area contributed by atoms with Gasteiger partial charge >= 0.3 is 0 Å². The summed E-state index contributed by atoms with van der Waals surface area (Å²) in [7, 11) is -3.86. The van der Waals surface area contributed by atoms with Crippen LogP contribution in [0, 0.1) is 13.8 Å². The highest BCUT2D eigenvalue weighted by Gasteiger charge is 2.21. The molecule has 6 nitrogen and oxygen atoms in total. The number of H-pyrrole nitrogens is 1. The Bertz CT molecular complexity index is 1010. The predicted molar refractivity (Wildman–Crippen MR) is 91.7 cm³/mol. The number of nitrogens with zero attached hydrogens (tertiary/aromatic N) is 2. The van der Waals surface area contributed by atoms with E-state index in [0.29, 0.717) is 11.1 Å². The van der Waals surface area contributed by atoms with E-state index in [0.717, 1.165) is 11.1 Å². The van der Waals surface area contributed by atoms with Crippen LogP contribution >= 0.6 is 0 Å². The molecule has 2 aromatic heterocycles.